The largest absolute Gasteiger partial charge is 0.337 e. The fraction of sp³-hybridized carbons (Fsp3) is 0.412. The second kappa shape index (κ2) is 6.47. The average molecular weight is 361 g/mol. The zero-order chi connectivity index (χ0) is 18.3. The summed E-state index contributed by atoms with van der Waals surface area (Å²) in [4.78, 5) is 18.6. The van der Waals surface area contributed by atoms with E-state index >= 15 is 0 Å². The van der Waals surface area contributed by atoms with Gasteiger partial charge in [-0.25, -0.2) is 13.8 Å². The van der Waals surface area contributed by atoms with E-state index < -0.39 is 6.43 Å². The van der Waals surface area contributed by atoms with Crippen LogP contribution in [-0.4, -0.2) is 44.2 Å². The predicted molar refractivity (Wildman–Crippen MR) is 88.0 cm³/mol. The van der Waals surface area contributed by atoms with Crippen molar-refractivity contribution in [3.63, 3.8) is 0 Å². The van der Waals surface area contributed by atoms with Gasteiger partial charge in [0.05, 0.1) is 11.1 Å². The average Bonchev–Trinajstić information content (AvgIpc) is 3.31. The predicted octanol–water partition coefficient (Wildman–Crippen LogP) is 3.21. The van der Waals surface area contributed by atoms with E-state index in [0.29, 0.717) is 30.2 Å². The van der Waals surface area contributed by atoms with Gasteiger partial charge in [-0.15, -0.1) is 0 Å². The smallest absolute Gasteiger partial charge is 0.271 e. The first-order chi connectivity index (χ1) is 12.5. The maximum Gasteiger partial charge on any atom is 0.271 e. The molecule has 7 nitrogen and oxygen atoms in total. The van der Waals surface area contributed by atoms with Gasteiger partial charge in [0.1, 0.15) is 5.69 Å². The Morgan fingerprint density at radius 3 is 3.04 bits per heavy atom. The van der Waals surface area contributed by atoms with Crippen LogP contribution in [0.4, 0.5) is 8.78 Å². The van der Waals surface area contributed by atoms with Crippen molar-refractivity contribution in [1.82, 2.24) is 25.2 Å². The standard InChI is InChI=1S/C17H17F2N5O2/c1-9-14-11(15(18)19)7-13(21-16(14)26-23-9)10-3-2-6-24(8-10)17(25)12-4-5-20-22-12/h4-5,7,10,15H,2-3,6,8H2,1H3,(H,20,22). The van der Waals surface area contributed by atoms with Crippen molar-refractivity contribution < 1.29 is 18.1 Å². The van der Waals surface area contributed by atoms with Crippen molar-refractivity contribution in [3.8, 4) is 0 Å². The maximum atomic E-state index is 13.5. The molecule has 1 aliphatic heterocycles. The fourth-order valence-electron chi connectivity index (χ4n) is 3.48. The summed E-state index contributed by atoms with van der Waals surface area (Å²) in [5.74, 6) is -0.291. The first kappa shape index (κ1) is 16.6. The third-order valence-corrected chi connectivity index (χ3v) is 4.76. The minimum absolute atomic E-state index is 0.118. The minimum atomic E-state index is -2.65. The molecule has 0 bridgehead atoms. The molecule has 0 aliphatic carbocycles. The number of nitrogens with zero attached hydrogens (tertiary/aromatic N) is 4. The molecule has 4 rings (SSSR count). The van der Waals surface area contributed by atoms with Gasteiger partial charge in [0.25, 0.3) is 18.0 Å². The second-order valence-corrected chi connectivity index (χ2v) is 6.45. The van der Waals surface area contributed by atoms with Crippen molar-refractivity contribution >= 4 is 17.0 Å². The van der Waals surface area contributed by atoms with Gasteiger partial charge in [0, 0.05) is 36.5 Å². The summed E-state index contributed by atoms with van der Waals surface area (Å²) in [6, 6.07) is 3.04. The van der Waals surface area contributed by atoms with Crippen LogP contribution in [0.25, 0.3) is 11.1 Å². The maximum absolute atomic E-state index is 13.5. The first-order valence-electron chi connectivity index (χ1n) is 8.38. The number of hydrogen-bond acceptors (Lipinski definition) is 5. The molecule has 0 saturated carbocycles. The van der Waals surface area contributed by atoms with Gasteiger partial charge in [-0.2, -0.15) is 5.10 Å². The molecule has 1 aliphatic rings. The van der Waals surface area contributed by atoms with Gasteiger partial charge in [0.15, 0.2) is 0 Å². The van der Waals surface area contributed by atoms with E-state index in [0.717, 1.165) is 12.8 Å². The molecule has 3 aromatic heterocycles. The van der Waals surface area contributed by atoms with Gasteiger partial charge in [-0.1, -0.05) is 5.16 Å². The van der Waals surface area contributed by atoms with Gasteiger partial charge >= 0.3 is 0 Å². The second-order valence-electron chi connectivity index (χ2n) is 6.45. The molecule has 1 unspecified atom stereocenters. The number of carbonyl (C=O) groups is 1. The van der Waals surface area contributed by atoms with Crippen molar-refractivity contribution in [2.45, 2.75) is 32.1 Å². The normalized spacial score (nSPS) is 18.0. The molecular formula is C17H17F2N5O2. The van der Waals surface area contributed by atoms with Crippen LogP contribution in [0.3, 0.4) is 0 Å². The molecule has 136 valence electrons. The molecule has 0 aromatic carbocycles. The number of rotatable bonds is 3. The fourth-order valence-corrected chi connectivity index (χ4v) is 3.48. The van der Waals surface area contributed by atoms with Crippen LogP contribution >= 0.6 is 0 Å². The van der Waals surface area contributed by atoms with Crippen LogP contribution in [0.2, 0.25) is 0 Å². The topological polar surface area (TPSA) is 87.9 Å². The zero-order valence-electron chi connectivity index (χ0n) is 14.1. The molecule has 1 saturated heterocycles. The Balaban J connectivity index is 1.65. The summed E-state index contributed by atoms with van der Waals surface area (Å²) in [7, 11) is 0. The van der Waals surface area contributed by atoms with Crippen LogP contribution in [0.5, 0.6) is 0 Å². The molecule has 1 N–H and O–H groups in total. The monoisotopic (exact) mass is 361 g/mol. The number of hydrogen-bond donors (Lipinski definition) is 1. The highest BCUT2D eigenvalue weighted by Crippen LogP contribution is 2.34. The zero-order valence-corrected chi connectivity index (χ0v) is 14.1. The molecule has 26 heavy (non-hydrogen) atoms. The molecule has 1 atom stereocenters. The Hall–Kier alpha value is -2.84. The number of piperidine rings is 1. The summed E-state index contributed by atoms with van der Waals surface area (Å²) in [5.41, 5.74) is 1.31. The van der Waals surface area contributed by atoms with Gasteiger partial charge in [-0.05, 0) is 31.9 Å². The molecule has 4 heterocycles. The highest BCUT2D eigenvalue weighted by atomic mass is 19.3. The number of aromatic nitrogens is 4. The van der Waals surface area contributed by atoms with Crippen molar-refractivity contribution in [2.24, 2.45) is 0 Å². The van der Waals surface area contributed by atoms with E-state index in [4.69, 9.17) is 4.52 Å². The minimum Gasteiger partial charge on any atom is -0.337 e. The highest BCUT2D eigenvalue weighted by molar-refractivity contribution is 5.92. The SMILES string of the molecule is Cc1noc2nc(C3CCCN(C(=O)c4ccn[nH]4)C3)cc(C(F)F)c12. The quantitative estimate of drug-likeness (QED) is 0.774. The van der Waals surface area contributed by atoms with E-state index in [9.17, 15) is 13.6 Å². The number of halogens is 2. The van der Waals surface area contributed by atoms with Gasteiger partial charge in [0.2, 0.25) is 0 Å². The lowest BCUT2D eigenvalue weighted by molar-refractivity contribution is 0.0699. The van der Waals surface area contributed by atoms with Gasteiger partial charge in [-0.3, -0.25) is 9.89 Å². The van der Waals surface area contributed by atoms with Crippen LogP contribution in [-0.2, 0) is 0 Å². The highest BCUT2D eigenvalue weighted by Gasteiger charge is 2.29. The summed E-state index contributed by atoms with van der Waals surface area (Å²) in [5, 5.41) is 10.5. The van der Waals surface area contributed by atoms with E-state index in [2.05, 4.69) is 20.3 Å². The number of alkyl halides is 2. The number of aryl methyl sites for hydroxylation is 1. The number of fused-ring (bicyclic) bond motifs is 1. The van der Waals surface area contributed by atoms with E-state index in [1.54, 1.807) is 17.9 Å². The van der Waals surface area contributed by atoms with Gasteiger partial charge < -0.3 is 9.42 Å². The summed E-state index contributed by atoms with van der Waals surface area (Å²) in [6.45, 7) is 2.64. The Kier molecular flexibility index (Phi) is 4.14. The third kappa shape index (κ3) is 2.83. The van der Waals surface area contributed by atoms with Crippen molar-refractivity contribution in [3.05, 3.63) is 41.0 Å². The molecule has 9 heteroatoms. The number of carbonyl (C=O) groups excluding carboxylic acids is 1. The summed E-state index contributed by atoms with van der Waals surface area (Å²) >= 11 is 0. The lowest BCUT2D eigenvalue weighted by Gasteiger charge is -2.32. The van der Waals surface area contributed by atoms with E-state index in [1.807, 2.05) is 0 Å². The number of H-pyrrole nitrogens is 1. The first-order valence-corrected chi connectivity index (χ1v) is 8.38. The Bertz CT molecular complexity index is 938. The van der Waals surface area contributed by atoms with Crippen LogP contribution in [0.15, 0.2) is 22.9 Å². The number of likely N-dealkylation sites (tertiary alicyclic amines) is 1. The molecule has 1 amide bonds. The number of nitrogens with one attached hydrogen (secondary N) is 1. The third-order valence-electron chi connectivity index (χ3n) is 4.76. The van der Waals surface area contributed by atoms with Crippen molar-refractivity contribution in [1.29, 1.82) is 0 Å². The Morgan fingerprint density at radius 2 is 2.31 bits per heavy atom. The molecular weight excluding hydrogens is 344 g/mol. The van der Waals surface area contributed by atoms with Crippen molar-refractivity contribution in [2.75, 3.05) is 13.1 Å². The molecule has 1 fully saturated rings. The van der Waals surface area contributed by atoms with Crippen LogP contribution in [0, 0.1) is 6.92 Å². The molecule has 0 radical (unpaired) electrons. The number of pyridine rings is 1. The lowest BCUT2D eigenvalue weighted by Crippen LogP contribution is -2.39. The lowest BCUT2D eigenvalue weighted by atomic mass is 9.92. The number of amides is 1. The van der Waals surface area contributed by atoms with Crippen LogP contribution < -0.4 is 0 Å². The summed E-state index contributed by atoms with van der Waals surface area (Å²) < 4.78 is 32.2. The Labute approximate surface area is 147 Å². The Morgan fingerprint density at radius 1 is 1.46 bits per heavy atom. The molecule has 0 spiro atoms. The molecule has 3 aromatic rings. The van der Waals surface area contributed by atoms with E-state index in [-0.39, 0.29) is 28.5 Å². The van der Waals surface area contributed by atoms with E-state index in [1.165, 1.54) is 12.3 Å². The number of aromatic amines is 1. The summed E-state index contributed by atoms with van der Waals surface area (Å²) in [6.07, 6.45) is 0.402. The van der Waals surface area contributed by atoms with Crippen LogP contribution in [0.1, 0.15) is 52.6 Å².